The minimum atomic E-state index is 0.0969. The van der Waals surface area contributed by atoms with Crippen molar-refractivity contribution < 1.29 is 9.47 Å². The SMILES string of the molecule is COc1ccc(NC(=S)NC(C)c2ccc(N3CCCCC3)cc2)c(OC)c1. The summed E-state index contributed by atoms with van der Waals surface area (Å²) >= 11 is 5.49. The molecule has 2 N–H and O–H groups in total. The summed E-state index contributed by atoms with van der Waals surface area (Å²) in [4.78, 5) is 2.47. The van der Waals surface area contributed by atoms with Gasteiger partial charge in [0.2, 0.25) is 0 Å². The van der Waals surface area contributed by atoms with Crippen LogP contribution < -0.4 is 25.0 Å². The van der Waals surface area contributed by atoms with E-state index in [4.69, 9.17) is 21.7 Å². The van der Waals surface area contributed by atoms with Gasteiger partial charge in [0.05, 0.1) is 25.9 Å². The van der Waals surface area contributed by atoms with Crippen LogP contribution in [0.25, 0.3) is 0 Å². The number of anilines is 2. The van der Waals surface area contributed by atoms with Crippen LogP contribution in [0.2, 0.25) is 0 Å². The van der Waals surface area contributed by atoms with Gasteiger partial charge >= 0.3 is 0 Å². The van der Waals surface area contributed by atoms with Gasteiger partial charge in [-0.15, -0.1) is 0 Å². The van der Waals surface area contributed by atoms with E-state index in [2.05, 4.69) is 46.7 Å². The Hall–Kier alpha value is -2.47. The zero-order chi connectivity index (χ0) is 19.9. The summed E-state index contributed by atoms with van der Waals surface area (Å²) in [5.74, 6) is 1.42. The highest BCUT2D eigenvalue weighted by Gasteiger charge is 2.13. The summed E-state index contributed by atoms with van der Waals surface area (Å²) in [6, 6.07) is 14.5. The molecule has 5 nitrogen and oxygen atoms in total. The van der Waals surface area contributed by atoms with Gasteiger partial charge in [0.25, 0.3) is 0 Å². The fourth-order valence-corrected chi connectivity index (χ4v) is 3.75. The van der Waals surface area contributed by atoms with Gasteiger partial charge in [0.15, 0.2) is 5.11 Å². The fraction of sp³-hybridized carbons (Fsp3) is 0.409. The van der Waals surface area contributed by atoms with Crippen molar-refractivity contribution in [3.8, 4) is 11.5 Å². The minimum absolute atomic E-state index is 0.0969. The maximum atomic E-state index is 5.49. The van der Waals surface area contributed by atoms with Crippen molar-refractivity contribution in [2.75, 3.05) is 37.5 Å². The first-order chi connectivity index (χ1) is 13.6. The smallest absolute Gasteiger partial charge is 0.171 e. The number of thiocarbonyl (C=S) groups is 1. The predicted molar refractivity (Wildman–Crippen MR) is 120 cm³/mol. The third-order valence-corrected chi connectivity index (χ3v) is 5.34. The van der Waals surface area contributed by atoms with E-state index in [-0.39, 0.29) is 6.04 Å². The summed E-state index contributed by atoms with van der Waals surface area (Å²) in [5, 5.41) is 7.10. The monoisotopic (exact) mass is 399 g/mol. The molecule has 2 aromatic carbocycles. The summed E-state index contributed by atoms with van der Waals surface area (Å²) in [6.07, 6.45) is 3.92. The molecule has 3 rings (SSSR count). The van der Waals surface area contributed by atoms with E-state index in [0.29, 0.717) is 10.9 Å². The highest BCUT2D eigenvalue weighted by Crippen LogP contribution is 2.29. The molecular formula is C22H29N3O2S. The maximum Gasteiger partial charge on any atom is 0.171 e. The van der Waals surface area contributed by atoms with Crippen LogP contribution in [0.3, 0.4) is 0 Å². The molecule has 1 saturated heterocycles. The molecule has 1 atom stereocenters. The Morgan fingerprint density at radius 2 is 1.71 bits per heavy atom. The Morgan fingerprint density at radius 3 is 2.36 bits per heavy atom. The van der Waals surface area contributed by atoms with E-state index in [1.165, 1.54) is 30.5 Å². The van der Waals surface area contributed by atoms with Gasteiger partial charge in [-0.05, 0) is 68.2 Å². The molecule has 1 aliphatic rings. The summed E-state index contributed by atoms with van der Waals surface area (Å²) in [7, 11) is 3.26. The molecule has 0 saturated carbocycles. The maximum absolute atomic E-state index is 5.49. The van der Waals surface area contributed by atoms with Crippen LogP contribution in [-0.4, -0.2) is 32.4 Å². The van der Waals surface area contributed by atoms with Crippen molar-refractivity contribution in [3.63, 3.8) is 0 Å². The van der Waals surface area contributed by atoms with Crippen molar-refractivity contribution in [1.82, 2.24) is 5.32 Å². The van der Waals surface area contributed by atoms with Crippen molar-refractivity contribution in [2.45, 2.75) is 32.2 Å². The van der Waals surface area contributed by atoms with Gasteiger partial charge in [0.1, 0.15) is 11.5 Å². The molecule has 28 heavy (non-hydrogen) atoms. The van der Waals surface area contributed by atoms with Gasteiger partial charge in [-0.3, -0.25) is 0 Å². The van der Waals surface area contributed by atoms with Crippen LogP contribution in [0.5, 0.6) is 11.5 Å². The Morgan fingerprint density at radius 1 is 1.00 bits per heavy atom. The van der Waals surface area contributed by atoms with Gasteiger partial charge in [0, 0.05) is 24.8 Å². The predicted octanol–water partition coefficient (Wildman–Crippen LogP) is 4.74. The third kappa shape index (κ3) is 5.07. The largest absolute Gasteiger partial charge is 0.497 e. The molecule has 0 spiro atoms. The van der Waals surface area contributed by atoms with Crippen molar-refractivity contribution >= 4 is 28.7 Å². The lowest BCUT2D eigenvalue weighted by molar-refractivity contribution is 0.395. The first-order valence-corrected chi connectivity index (χ1v) is 10.2. The molecule has 0 aliphatic carbocycles. The number of methoxy groups -OCH3 is 2. The first-order valence-electron chi connectivity index (χ1n) is 9.75. The molecule has 1 aliphatic heterocycles. The molecule has 1 unspecified atom stereocenters. The van der Waals surface area contributed by atoms with Crippen LogP contribution in [0.1, 0.15) is 37.8 Å². The topological polar surface area (TPSA) is 45.8 Å². The average Bonchev–Trinajstić information content (AvgIpc) is 2.74. The van der Waals surface area contributed by atoms with E-state index in [1.54, 1.807) is 14.2 Å². The zero-order valence-corrected chi connectivity index (χ0v) is 17.6. The standard InChI is InChI=1S/C22H29N3O2S/c1-16(17-7-9-18(10-8-17)25-13-5-4-6-14-25)23-22(28)24-20-12-11-19(26-2)15-21(20)27-3/h7-12,15-16H,4-6,13-14H2,1-3H3,(H2,23,24,28). The molecule has 6 heteroatoms. The molecule has 0 radical (unpaired) electrons. The zero-order valence-electron chi connectivity index (χ0n) is 16.8. The fourth-order valence-electron chi connectivity index (χ4n) is 3.47. The second-order valence-corrected chi connectivity index (χ2v) is 7.43. The van der Waals surface area contributed by atoms with Crippen LogP contribution in [0.4, 0.5) is 11.4 Å². The number of nitrogens with zero attached hydrogens (tertiary/aromatic N) is 1. The van der Waals surface area contributed by atoms with Gasteiger partial charge in [-0.2, -0.15) is 0 Å². The van der Waals surface area contributed by atoms with Crippen molar-refractivity contribution in [1.29, 1.82) is 0 Å². The third-order valence-electron chi connectivity index (χ3n) is 5.12. The van der Waals surface area contributed by atoms with Gasteiger partial charge in [-0.25, -0.2) is 0 Å². The number of nitrogens with one attached hydrogen (secondary N) is 2. The Balaban J connectivity index is 1.59. The minimum Gasteiger partial charge on any atom is -0.497 e. The van der Waals surface area contributed by atoms with Gasteiger partial charge < -0.3 is 25.0 Å². The van der Waals surface area contributed by atoms with E-state index >= 15 is 0 Å². The quantitative estimate of drug-likeness (QED) is 0.684. The average molecular weight is 400 g/mol. The Bertz CT molecular complexity index is 789. The highest BCUT2D eigenvalue weighted by molar-refractivity contribution is 7.80. The summed E-state index contributed by atoms with van der Waals surface area (Å²) in [6.45, 7) is 4.42. The number of ether oxygens (including phenoxy) is 2. The summed E-state index contributed by atoms with van der Waals surface area (Å²) < 4.78 is 10.6. The molecule has 1 heterocycles. The number of hydrogen-bond donors (Lipinski definition) is 2. The lowest BCUT2D eigenvalue weighted by atomic mass is 10.1. The van der Waals surface area contributed by atoms with E-state index in [9.17, 15) is 0 Å². The number of piperidine rings is 1. The molecule has 1 fully saturated rings. The van der Waals surface area contributed by atoms with E-state index in [0.717, 1.165) is 24.5 Å². The molecule has 0 amide bonds. The van der Waals surface area contributed by atoms with Crippen LogP contribution in [0, 0.1) is 0 Å². The second kappa shape index (κ2) is 9.64. The second-order valence-electron chi connectivity index (χ2n) is 7.03. The molecule has 150 valence electrons. The normalized spacial score (nSPS) is 14.9. The van der Waals surface area contributed by atoms with E-state index < -0.39 is 0 Å². The first kappa shape index (κ1) is 20.3. The van der Waals surface area contributed by atoms with Gasteiger partial charge in [-0.1, -0.05) is 12.1 Å². The van der Waals surface area contributed by atoms with Crippen LogP contribution in [-0.2, 0) is 0 Å². The van der Waals surface area contributed by atoms with E-state index in [1.807, 2.05) is 18.2 Å². The Kier molecular flexibility index (Phi) is 6.98. The number of rotatable bonds is 6. The van der Waals surface area contributed by atoms with Crippen molar-refractivity contribution in [3.05, 3.63) is 48.0 Å². The number of hydrogen-bond acceptors (Lipinski definition) is 4. The summed E-state index contributed by atoms with van der Waals surface area (Å²) in [5.41, 5.74) is 3.30. The molecule has 2 aromatic rings. The molecule has 0 bridgehead atoms. The molecular weight excluding hydrogens is 370 g/mol. The lowest BCUT2D eigenvalue weighted by Crippen LogP contribution is -2.31. The van der Waals surface area contributed by atoms with Crippen LogP contribution >= 0.6 is 12.2 Å². The molecule has 0 aromatic heterocycles. The lowest BCUT2D eigenvalue weighted by Gasteiger charge is -2.29. The Labute approximate surface area is 173 Å². The van der Waals surface area contributed by atoms with Crippen molar-refractivity contribution in [2.24, 2.45) is 0 Å². The van der Waals surface area contributed by atoms with Crippen LogP contribution in [0.15, 0.2) is 42.5 Å². The number of benzene rings is 2. The highest BCUT2D eigenvalue weighted by atomic mass is 32.1.